The highest BCUT2D eigenvalue weighted by atomic mass is 16.4. The molecule has 0 N–H and O–H groups in total. The van der Waals surface area contributed by atoms with Gasteiger partial charge in [0.2, 0.25) is 5.88 Å². The van der Waals surface area contributed by atoms with Crippen molar-refractivity contribution in [2.45, 2.75) is 57.8 Å². The van der Waals surface area contributed by atoms with Crippen molar-refractivity contribution in [2.24, 2.45) is 0 Å². The van der Waals surface area contributed by atoms with Gasteiger partial charge in [-0.25, -0.2) is 0 Å². The maximum atomic E-state index is 7.15. The molecular formula is C61H48N2O. The maximum absolute atomic E-state index is 7.15. The van der Waals surface area contributed by atoms with E-state index in [1.54, 1.807) is 22.3 Å². The van der Waals surface area contributed by atoms with Crippen LogP contribution in [0, 0.1) is 0 Å². The van der Waals surface area contributed by atoms with Gasteiger partial charge in [0.15, 0.2) is 0 Å². The summed E-state index contributed by atoms with van der Waals surface area (Å²) in [6, 6.07) is 66.8. The molecule has 0 radical (unpaired) electrons. The van der Waals surface area contributed by atoms with E-state index < -0.39 is 0 Å². The lowest BCUT2D eigenvalue weighted by atomic mass is 9.81. The van der Waals surface area contributed by atoms with E-state index in [0.717, 1.165) is 46.2 Å². The minimum absolute atomic E-state index is 0.194. The summed E-state index contributed by atoms with van der Waals surface area (Å²) in [7, 11) is 0. The fraction of sp³-hybridized carbons (Fsp3) is 0.148. The van der Waals surface area contributed by atoms with Crippen molar-refractivity contribution in [1.29, 1.82) is 0 Å². The van der Waals surface area contributed by atoms with Crippen molar-refractivity contribution in [1.82, 2.24) is 4.57 Å². The van der Waals surface area contributed by atoms with Crippen LogP contribution in [0.3, 0.4) is 0 Å². The molecule has 13 rings (SSSR count). The molecule has 0 fully saturated rings. The minimum Gasteiger partial charge on any atom is -0.440 e. The minimum atomic E-state index is -0.194. The first-order valence-corrected chi connectivity index (χ1v) is 23.1. The van der Waals surface area contributed by atoms with Gasteiger partial charge < -0.3 is 8.98 Å². The summed E-state index contributed by atoms with van der Waals surface area (Å²) < 4.78 is 9.53. The van der Waals surface area contributed by atoms with Crippen LogP contribution < -0.4 is 4.90 Å². The number of nitrogens with zero attached hydrogens (tertiary/aromatic N) is 2. The second kappa shape index (κ2) is 14.3. The summed E-state index contributed by atoms with van der Waals surface area (Å²) in [5.41, 5.74) is 23.6. The molecule has 0 saturated carbocycles. The van der Waals surface area contributed by atoms with Crippen molar-refractivity contribution >= 4 is 39.1 Å². The molecule has 64 heavy (non-hydrogen) atoms. The summed E-state index contributed by atoms with van der Waals surface area (Å²) in [4.78, 5) is 2.36. The van der Waals surface area contributed by atoms with Gasteiger partial charge in [-0.05, 0) is 160 Å². The number of hydrogen-bond donors (Lipinski definition) is 0. The van der Waals surface area contributed by atoms with Crippen LogP contribution in [0.1, 0.15) is 60.1 Å². The summed E-state index contributed by atoms with van der Waals surface area (Å²) in [5, 5.41) is 2.46. The standard InChI is InChI=1S/C61H48N2O/c1-61(2)54-25-11-9-21-51(54)60-53(52-35-41-17-13-22-46(41)47-23-14-24-48(47)52)37-45(38-55(60)61)62(44-30-27-40(28-31-44)39-15-5-3-6-16-39)59-34-33-58(64-59)42-29-32-50-49-20-10-12-26-56(49)63(57(50)36-42)43-18-7-4-8-19-43/h3-12,15-16,18-21,25-38H,13-14,17,22-24H2,1-2H3. The molecule has 10 aromatic rings. The Hall–Kier alpha value is -7.36. The lowest BCUT2D eigenvalue weighted by Gasteiger charge is -2.28. The second-order valence-corrected chi connectivity index (χ2v) is 18.6. The molecule has 3 aliphatic rings. The molecule has 3 aliphatic carbocycles. The molecule has 308 valence electrons. The smallest absolute Gasteiger partial charge is 0.205 e. The van der Waals surface area contributed by atoms with E-state index in [1.807, 2.05) is 0 Å². The summed E-state index contributed by atoms with van der Waals surface area (Å²) >= 11 is 0. The van der Waals surface area contributed by atoms with E-state index in [2.05, 4.69) is 205 Å². The zero-order valence-corrected chi connectivity index (χ0v) is 36.4. The van der Waals surface area contributed by atoms with Gasteiger partial charge in [-0.2, -0.15) is 0 Å². The van der Waals surface area contributed by atoms with Gasteiger partial charge in [-0.3, -0.25) is 4.90 Å². The van der Waals surface area contributed by atoms with Gasteiger partial charge in [-0.1, -0.05) is 135 Å². The van der Waals surface area contributed by atoms with E-state index in [4.69, 9.17) is 4.42 Å². The number of rotatable bonds is 7. The van der Waals surface area contributed by atoms with Crippen molar-refractivity contribution < 1.29 is 4.42 Å². The van der Waals surface area contributed by atoms with E-state index in [0.29, 0.717) is 0 Å². The van der Waals surface area contributed by atoms with Crippen LogP contribution in [0.5, 0.6) is 0 Å². The number of benzene rings is 8. The molecule has 0 spiro atoms. The molecule has 0 saturated heterocycles. The van der Waals surface area contributed by atoms with E-state index in [9.17, 15) is 0 Å². The topological polar surface area (TPSA) is 21.3 Å². The number of aryl methyl sites for hydroxylation is 1. The van der Waals surface area contributed by atoms with Crippen LogP contribution in [0.4, 0.5) is 17.3 Å². The third-order valence-electron chi connectivity index (χ3n) is 14.7. The molecule has 0 bridgehead atoms. The van der Waals surface area contributed by atoms with Gasteiger partial charge in [0.25, 0.3) is 0 Å². The summed E-state index contributed by atoms with van der Waals surface area (Å²) in [6.45, 7) is 4.82. The quantitative estimate of drug-likeness (QED) is 0.160. The maximum Gasteiger partial charge on any atom is 0.205 e. The third kappa shape index (κ3) is 5.66. The molecule has 8 aromatic carbocycles. The fourth-order valence-corrected chi connectivity index (χ4v) is 11.7. The number of aromatic nitrogens is 1. The lowest BCUT2D eigenvalue weighted by Crippen LogP contribution is -2.17. The Labute approximate surface area is 374 Å². The van der Waals surface area contributed by atoms with Crippen molar-refractivity contribution in [3.05, 3.63) is 215 Å². The SMILES string of the molecule is CC1(C)c2ccccc2-c2c(-c3cc4c(c5c3CCC5)CCC4)cc(N(c3ccc(-c4ccccc4)cc3)c3ccc(-c4ccc5c6ccccc6n(-c6ccccc6)c5c4)o3)cc21. The summed E-state index contributed by atoms with van der Waals surface area (Å²) in [6.07, 6.45) is 7.22. The Morgan fingerprint density at radius 1 is 0.469 bits per heavy atom. The van der Waals surface area contributed by atoms with E-state index in [1.165, 1.54) is 92.9 Å². The first-order valence-electron chi connectivity index (χ1n) is 23.1. The summed E-state index contributed by atoms with van der Waals surface area (Å²) in [5.74, 6) is 1.61. The predicted molar refractivity (Wildman–Crippen MR) is 266 cm³/mol. The van der Waals surface area contributed by atoms with Gasteiger partial charge in [0.1, 0.15) is 5.76 Å². The highest BCUT2D eigenvalue weighted by Crippen LogP contribution is 2.56. The molecule has 0 unspecified atom stereocenters. The lowest BCUT2D eigenvalue weighted by molar-refractivity contribution is 0.588. The molecule has 3 nitrogen and oxygen atoms in total. The molecule has 0 atom stereocenters. The van der Waals surface area contributed by atoms with Gasteiger partial charge in [0, 0.05) is 39.2 Å². The molecule has 0 aliphatic heterocycles. The zero-order chi connectivity index (χ0) is 42.5. The Bertz CT molecular complexity index is 3460. The van der Waals surface area contributed by atoms with Gasteiger partial charge in [-0.15, -0.1) is 0 Å². The van der Waals surface area contributed by atoms with Crippen LogP contribution in [0.2, 0.25) is 0 Å². The molecule has 2 aromatic heterocycles. The predicted octanol–water partition coefficient (Wildman–Crippen LogP) is 16.1. The first kappa shape index (κ1) is 37.2. The number of anilines is 3. The van der Waals surface area contributed by atoms with E-state index >= 15 is 0 Å². The normalized spacial score (nSPS) is 14.5. The largest absolute Gasteiger partial charge is 0.440 e. The van der Waals surface area contributed by atoms with Crippen LogP contribution in [-0.4, -0.2) is 4.57 Å². The van der Waals surface area contributed by atoms with Crippen LogP contribution >= 0.6 is 0 Å². The fourth-order valence-electron chi connectivity index (χ4n) is 11.7. The highest BCUT2D eigenvalue weighted by molar-refractivity contribution is 6.10. The zero-order valence-electron chi connectivity index (χ0n) is 36.4. The average Bonchev–Trinajstić information content (AvgIpc) is 4.20. The number of hydrogen-bond acceptors (Lipinski definition) is 2. The monoisotopic (exact) mass is 824 g/mol. The van der Waals surface area contributed by atoms with Crippen molar-refractivity contribution in [3.63, 3.8) is 0 Å². The Morgan fingerprint density at radius 2 is 1.16 bits per heavy atom. The average molecular weight is 825 g/mol. The second-order valence-electron chi connectivity index (χ2n) is 18.6. The van der Waals surface area contributed by atoms with Crippen LogP contribution in [-0.2, 0) is 31.1 Å². The van der Waals surface area contributed by atoms with Crippen molar-refractivity contribution in [3.8, 4) is 50.4 Å². The van der Waals surface area contributed by atoms with Crippen molar-refractivity contribution in [2.75, 3.05) is 4.90 Å². The van der Waals surface area contributed by atoms with E-state index in [-0.39, 0.29) is 5.41 Å². The Balaban J connectivity index is 1.02. The van der Waals surface area contributed by atoms with Crippen LogP contribution in [0.15, 0.2) is 186 Å². The molecule has 3 heteroatoms. The Morgan fingerprint density at radius 3 is 2.02 bits per heavy atom. The van der Waals surface area contributed by atoms with Gasteiger partial charge in [0.05, 0.1) is 16.7 Å². The first-order chi connectivity index (χ1) is 31.5. The number of para-hydroxylation sites is 2. The van der Waals surface area contributed by atoms with Gasteiger partial charge >= 0.3 is 0 Å². The Kier molecular flexibility index (Phi) is 8.34. The number of fused-ring (bicyclic) bond motifs is 9. The molecular weight excluding hydrogens is 777 g/mol. The van der Waals surface area contributed by atoms with Crippen LogP contribution in [0.25, 0.3) is 72.2 Å². The highest BCUT2D eigenvalue weighted by Gasteiger charge is 2.39. The molecule has 2 heterocycles. The number of furan rings is 1. The third-order valence-corrected chi connectivity index (χ3v) is 14.7. The molecule has 0 amide bonds.